The fourth-order valence-corrected chi connectivity index (χ4v) is 4.80. The number of aromatic nitrogens is 1. The summed E-state index contributed by atoms with van der Waals surface area (Å²) in [5.41, 5.74) is 0.646. The summed E-state index contributed by atoms with van der Waals surface area (Å²) in [6.07, 6.45) is -4.54. The molecule has 3 aromatic rings. The highest BCUT2D eigenvalue weighted by Gasteiger charge is 2.30. The van der Waals surface area contributed by atoms with E-state index in [2.05, 4.69) is 4.98 Å². The van der Waals surface area contributed by atoms with E-state index in [1.165, 1.54) is 41.3 Å². The number of hydrogen-bond acceptors (Lipinski definition) is 6. The lowest BCUT2D eigenvalue weighted by Gasteiger charge is -2.06. The lowest BCUT2D eigenvalue weighted by Crippen LogP contribution is -2.03. The van der Waals surface area contributed by atoms with Crippen LogP contribution in [0.5, 0.6) is 0 Å². The summed E-state index contributed by atoms with van der Waals surface area (Å²) in [5, 5.41) is 8.90. The van der Waals surface area contributed by atoms with Gasteiger partial charge in [0.15, 0.2) is 10.1 Å². The van der Waals surface area contributed by atoms with Crippen molar-refractivity contribution in [3.63, 3.8) is 0 Å². The molecule has 1 aromatic carbocycles. The van der Waals surface area contributed by atoms with Gasteiger partial charge in [-0.1, -0.05) is 23.9 Å². The van der Waals surface area contributed by atoms with Crippen molar-refractivity contribution in [3.8, 4) is 11.3 Å². The molecule has 2 heterocycles. The van der Waals surface area contributed by atoms with Crippen molar-refractivity contribution in [3.05, 3.63) is 57.8 Å². The Balaban J connectivity index is 1.70. The summed E-state index contributed by atoms with van der Waals surface area (Å²) in [7, 11) is 0. The first-order valence-corrected chi connectivity index (χ1v) is 10.5. The second-order valence-electron chi connectivity index (χ2n) is 6.43. The molecular formula is C20H16F3NO4S2. The fraction of sp³-hybridized carbons (Fsp3) is 0.250. The number of rotatable bonds is 7. The van der Waals surface area contributed by atoms with Crippen LogP contribution in [0.1, 0.15) is 32.3 Å². The minimum atomic E-state index is -4.42. The highest BCUT2D eigenvalue weighted by molar-refractivity contribution is 8.01. The number of aliphatic carboxylic acids is 1. The van der Waals surface area contributed by atoms with Crippen LogP contribution in [-0.2, 0) is 17.4 Å². The minimum Gasteiger partial charge on any atom is -0.481 e. The molecule has 3 rings (SSSR count). The molecule has 0 fully saturated rings. The van der Waals surface area contributed by atoms with E-state index < -0.39 is 17.7 Å². The second-order valence-corrected chi connectivity index (χ2v) is 8.73. The van der Waals surface area contributed by atoms with Crippen LogP contribution in [0.15, 0.2) is 39.1 Å². The molecule has 0 unspecified atom stereocenters. The van der Waals surface area contributed by atoms with Crippen molar-refractivity contribution >= 4 is 34.9 Å². The molecule has 0 atom stereocenters. The smallest absolute Gasteiger partial charge is 0.416 e. The monoisotopic (exact) mass is 455 g/mol. The van der Waals surface area contributed by atoms with Gasteiger partial charge in [0.1, 0.15) is 11.5 Å². The average molecular weight is 455 g/mol. The number of hydrogen-bond donors (Lipinski definition) is 1. The van der Waals surface area contributed by atoms with Gasteiger partial charge < -0.3 is 9.52 Å². The van der Waals surface area contributed by atoms with Gasteiger partial charge in [0.05, 0.1) is 29.0 Å². The van der Waals surface area contributed by atoms with E-state index in [1.54, 1.807) is 13.8 Å². The number of carboxylic acid groups (broad SMARTS) is 1. The highest BCUT2D eigenvalue weighted by atomic mass is 32.2. The van der Waals surface area contributed by atoms with E-state index in [0.717, 1.165) is 12.1 Å². The summed E-state index contributed by atoms with van der Waals surface area (Å²) in [4.78, 5) is 28.4. The number of aryl methyl sites for hydroxylation is 2. The van der Waals surface area contributed by atoms with Crippen LogP contribution in [0.2, 0.25) is 0 Å². The first-order chi connectivity index (χ1) is 14.0. The molecule has 5 nitrogen and oxygen atoms in total. The van der Waals surface area contributed by atoms with Gasteiger partial charge in [-0.3, -0.25) is 9.59 Å². The predicted molar refractivity (Wildman–Crippen MR) is 107 cm³/mol. The van der Waals surface area contributed by atoms with Crippen LogP contribution < -0.4 is 0 Å². The molecule has 10 heteroatoms. The molecule has 30 heavy (non-hydrogen) atoms. The zero-order valence-electron chi connectivity index (χ0n) is 15.9. The maximum atomic E-state index is 12.7. The van der Waals surface area contributed by atoms with Crippen LogP contribution in [0.25, 0.3) is 11.3 Å². The number of thiazole rings is 1. The largest absolute Gasteiger partial charge is 0.481 e. The number of alkyl halides is 3. The quantitative estimate of drug-likeness (QED) is 0.367. The molecule has 1 N–H and O–H groups in total. The Kier molecular flexibility index (Phi) is 6.37. The molecule has 0 aliphatic heterocycles. The maximum Gasteiger partial charge on any atom is 0.416 e. The van der Waals surface area contributed by atoms with Gasteiger partial charge in [-0.15, -0.1) is 11.3 Å². The summed E-state index contributed by atoms with van der Waals surface area (Å²) in [5.74, 6) is -0.404. The van der Waals surface area contributed by atoms with E-state index in [4.69, 9.17) is 9.52 Å². The summed E-state index contributed by atoms with van der Waals surface area (Å²) in [6, 6.07) is 6.04. The third kappa shape index (κ3) is 5.11. The lowest BCUT2D eigenvalue weighted by molar-refractivity contribution is -0.138. The number of nitrogens with zero attached hydrogens (tertiary/aromatic N) is 1. The van der Waals surface area contributed by atoms with Gasteiger partial charge in [-0.05, 0) is 32.0 Å². The van der Waals surface area contributed by atoms with Crippen molar-refractivity contribution in [2.75, 3.05) is 5.75 Å². The number of ketones is 1. The molecule has 0 saturated heterocycles. The number of carboxylic acids is 1. The third-order valence-electron chi connectivity index (χ3n) is 4.23. The second kappa shape index (κ2) is 8.65. The number of carbonyl (C=O) groups excluding carboxylic acids is 1. The Bertz CT molecular complexity index is 1080. The van der Waals surface area contributed by atoms with E-state index in [1.807, 2.05) is 0 Å². The minimum absolute atomic E-state index is 0.0757. The van der Waals surface area contributed by atoms with Crippen LogP contribution in [0.3, 0.4) is 0 Å². The molecule has 0 aliphatic rings. The lowest BCUT2D eigenvalue weighted by atomic mass is 10.1. The fourth-order valence-electron chi connectivity index (χ4n) is 2.69. The Morgan fingerprint density at radius 2 is 1.87 bits per heavy atom. The number of carbonyl (C=O) groups is 2. The number of halogens is 3. The Morgan fingerprint density at radius 3 is 2.47 bits per heavy atom. The standard InChI is InChI=1S/C20H16F3NO4S2/c1-10-17(8-18(26)27)30-19(24-10)29-9-15(25)14-7-16(28-11(14)2)12-3-5-13(6-4-12)20(21,22)23/h3-7H,8-9H2,1-2H3,(H,26,27). The van der Waals surface area contributed by atoms with Crippen LogP contribution >= 0.6 is 23.1 Å². The molecule has 158 valence electrons. The molecule has 0 spiro atoms. The Morgan fingerprint density at radius 1 is 1.20 bits per heavy atom. The Hall–Kier alpha value is -2.59. The van der Waals surface area contributed by atoms with Crippen molar-refractivity contribution in [2.24, 2.45) is 0 Å². The molecular weight excluding hydrogens is 439 g/mol. The molecule has 2 aromatic heterocycles. The summed E-state index contributed by atoms with van der Waals surface area (Å²) in [6.45, 7) is 3.33. The van der Waals surface area contributed by atoms with Gasteiger partial charge in [0.2, 0.25) is 0 Å². The summed E-state index contributed by atoms with van der Waals surface area (Å²) >= 11 is 2.44. The first-order valence-electron chi connectivity index (χ1n) is 8.66. The number of thioether (sulfide) groups is 1. The number of Topliss-reactive ketones (excluding diaryl/α,β-unsaturated/α-hetero) is 1. The predicted octanol–water partition coefficient (Wildman–Crippen LogP) is 5.64. The van der Waals surface area contributed by atoms with Gasteiger partial charge in [-0.25, -0.2) is 4.98 Å². The van der Waals surface area contributed by atoms with E-state index >= 15 is 0 Å². The SMILES string of the molecule is Cc1nc(SCC(=O)c2cc(-c3ccc(C(F)(F)F)cc3)oc2C)sc1CC(=O)O. The zero-order chi connectivity index (χ0) is 22.1. The van der Waals surface area contributed by atoms with E-state index in [0.29, 0.717) is 37.6 Å². The van der Waals surface area contributed by atoms with Gasteiger partial charge in [0.25, 0.3) is 0 Å². The molecule has 0 saturated carbocycles. The highest BCUT2D eigenvalue weighted by Crippen LogP contribution is 2.33. The molecule has 0 bridgehead atoms. The van der Waals surface area contributed by atoms with Gasteiger partial charge >= 0.3 is 12.1 Å². The van der Waals surface area contributed by atoms with Crippen molar-refractivity contribution in [1.82, 2.24) is 4.98 Å². The Labute approximate surface area is 177 Å². The zero-order valence-corrected chi connectivity index (χ0v) is 17.5. The average Bonchev–Trinajstić information content (AvgIpc) is 3.21. The van der Waals surface area contributed by atoms with Crippen LogP contribution in [0, 0.1) is 13.8 Å². The first kappa shape index (κ1) is 22.1. The number of benzene rings is 1. The topological polar surface area (TPSA) is 80.4 Å². The van der Waals surface area contributed by atoms with Crippen molar-refractivity contribution in [2.45, 2.75) is 30.8 Å². The van der Waals surface area contributed by atoms with E-state index in [-0.39, 0.29) is 18.0 Å². The molecule has 0 aliphatic carbocycles. The van der Waals surface area contributed by atoms with Crippen molar-refractivity contribution < 1.29 is 32.3 Å². The number of furan rings is 1. The van der Waals surface area contributed by atoms with Crippen LogP contribution in [-0.4, -0.2) is 27.6 Å². The van der Waals surface area contributed by atoms with Crippen LogP contribution in [0.4, 0.5) is 13.2 Å². The van der Waals surface area contributed by atoms with Gasteiger partial charge in [0, 0.05) is 10.4 Å². The molecule has 0 amide bonds. The normalized spacial score (nSPS) is 11.6. The maximum absolute atomic E-state index is 12.7. The van der Waals surface area contributed by atoms with Crippen molar-refractivity contribution in [1.29, 1.82) is 0 Å². The van der Waals surface area contributed by atoms with Gasteiger partial charge in [-0.2, -0.15) is 13.2 Å². The third-order valence-corrected chi connectivity index (χ3v) is 6.53. The molecule has 0 radical (unpaired) electrons. The van der Waals surface area contributed by atoms with E-state index in [9.17, 15) is 22.8 Å². The summed E-state index contributed by atoms with van der Waals surface area (Å²) < 4.78 is 44.3.